The summed E-state index contributed by atoms with van der Waals surface area (Å²) in [6, 6.07) is 8.18. The lowest BCUT2D eigenvalue weighted by Gasteiger charge is -2.04. The molecule has 0 unspecified atom stereocenters. The highest BCUT2D eigenvalue weighted by Crippen LogP contribution is 2.12. The molecule has 0 atom stereocenters. The number of hydrogen-bond acceptors (Lipinski definition) is 4. The molecule has 0 amide bonds. The number of rotatable bonds is 4. The van der Waals surface area contributed by atoms with Crippen molar-refractivity contribution in [2.45, 2.75) is 26.7 Å². The predicted molar refractivity (Wildman–Crippen MR) is 65.2 cm³/mol. The van der Waals surface area contributed by atoms with Crippen LogP contribution in [0.1, 0.15) is 25.3 Å². The van der Waals surface area contributed by atoms with Crippen LogP contribution in [0, 0.1) is 6.92 Å². The van der Waals surface area contributed by atoms with Crippen LogP contribution in [-0.4, -0.2) is 21.3 Å². The molecule has 1 aromatic carbocycles. The molecule has 4 nitrogen and oxygen atoms in total. The Labute approximate surface area is 97.5 Å². The summed E-state index contributed by atoms with van der Waals surface area (Å²) in [4.78, 5) is 21.7. The van der Waals surface area contributed by atoms with Gasteiger partial charge in [0.1, 0.15) is 5.75 Å². The van der Waals surface area contributed by atoms with Crippen LogP contribution in [0.15, 0.2) is 24.3 Å². The zero-order valence-electron chi connectivity index (χ0n) is 9.63. The first-order chi connectivity index (χ1) is 7.56. The molecule has 1 rings (SSSR count). The van der Waals surface area contributed by atoms with Gasteiger partial charge in [0.25, 0.3) is 0 Å². The second-order valence-electron chi connectivity index (χ2n) is 3.28. The number of hydrogen-bond donors (Lipinski definition) is 3. The van der Waals surface area contributed by atoms with Gasteiger partial charge in [0.15, 0.2) is 0 Å². The largest absolute Gasteiger partial charge is 0.494 e. The first-order valence-corrected chi connectivity index (χ1v) is 6.32. The van der Waals surface area contributed by atoms with Gasteiger partial charge in [-0.3, -0.25) is 0 Å². The molecular weight excluding hydrogens is 227 g/mol. The Balaban J connectivity index is 0.000000487. The number of aryl methyl sites for hydroxylation is 1. The molecule has 0 aliphatic heterocycles. The fourth-order valence-corrected chi connectivity index (χ4v) is 0.969. The molecule has 5 heteroatoms. The molecule has 0 aromatic heterocycles. The summed E-state index contributed by atoms with van der Waals surface area (Å²) in [6.07, 6.45) is 2.32. The smallest absolute Gasteiger partial charge is 0.324 e. The third-order valence-electron chi connectivity index (χ3n) is 1.79. The van der Waals surface area contributed by atoms with Crippen LogP contribution >= 0.6 is 8.60 Å². The Kier molecular flexibility index (Phi) is 9.15. The monoisotopic (exact) mass is 246 g/mol. The molecule has 0 aliphatic carbocycles. The summed E-state index contributed by atoms with van der Waals surface area (Å²) in [7, 11) is -2.62. The molecule has 3 N–H and O–H groups in total. The number of benzene rings is 1. The van der Waals surface area contributed by atoms with Gasteiger partial charge in [-0.15, -0.1) is 0 Å². The Morgan fingerprint density at radius 2 is 1.62 bits per heavy atom. The van der Waals surface area contributed by atoms with Crippen molar-refractivity contribution in [2.75, 3.05) is 6.61 Å². The first kappa shape index (κ1) is 15.3. The molecule has 0 spiro atoms. The Bertz CT molecular complexity index is 258. The van der Waals surface area contributed by atoms with E-state index in [1.807, 2.05) is 12.1 Å². The van der Waals surface area contributed by atoms with Crippen LogP contribution in [0.4, 0.5) is 0 Å². The maximum absolute atomic E-state index is 7.23. The Morgan fingerprint density at radius 3 is 2.06 bits per heavy atom. The first-order valence-electron chi connectivity index (χ1n) is 5.12. The summed E-state index contributed by atoms with van der Waals surface area (Å²) in [5.41, 5.74) is 1.28. The topological polar surface area (TPSA) is 69.9 Å². The van der Waals surface area contributed by atoms with Gasteiger partial charge in [-0.25, -0.2) is 0 Å². The zero-order chi connectivity index (χ0) is 12.4. The molecule has 0 saturated carbocycles. The zero-order valence-corrected chi connectivity index (χ0v) is 10.5. The number of ether oxygens (including phenoxy) is 1. The van der Waals surface area contributed by atoms with Crippen molar-refractivity contribution in [2.24, 2.45) is 0 Å². The van der Waals surface area contributed by atoms with Crippen LogP contribution in [0.25, 0.3) is 0 Å². The summed E-state index contributed by atoms with van der Waals surface area (Å²) in [5, 5.41) is 0. The van der Waals surface area contributed by atoms with Gasteiger partial charge >= 0.3 is 8.60 Å². The third-order valence-corrected chi connectivity index (χ3v) is 1.79. The normalized spacial score (nSPS) is 9.62. The molecule has 0 heterocycles. The van der Waals surface area contributed by atoms with E-state index < -0.39 is 8.60 Å². The highest BCUT2D eigenvalue weighted by atomic mass is 31.2. The quantitative estimate of drug-likeness (QED) is 0.563. The molecular formula is C11H19O4P. The van der Waals surface area contributed by atoms with Gasteiger partial charge in [0.2, 0.25) is 0 Å². The molecule has 0 radical (unpaired) electrons. The minimum atomic E-state index is -2.62. The van der Waals surface area contributed by atoms with Gasteiger partial charge < -0.3 is 19.4 Å². The highest BCUT2D eigenvalue weighted by Gasteiger charge is 1.91. The van der Waals surface area contributed by atoms with Crippen molar-refractivity contribution in [1.29, 1.82) is 0 Å². The van der Waals surface area contributed by atoms with E-state index in [1.165, 1.54) is 12.0 Å². The summed E-state index contributed by atoms with van der Waals surface area (Å²) in [6.45, 7) is 5.08. The van der Waals surface area contributed by atoms with E-state index in [9.17, 15) is 0 Å². The van der Waals surface area contributed by atoms with Gasteiger partial charge in [0.05, 0.1) is 6.61 Å². The maximum atomic E-state index is 7.23. The molecule has 1 aromatic rings. The molecule has 0 saturated heterocycles. The fourth-order valence-electron chi connectivity index (χ4n) is 0.969. The second-order valence-corrected chi connectivity index (χ2v) is 3.82. The van der Waals surface area contributed by atoms with Gasteiger partial charge in [-0.1, -0.05) is 31.0 Å². The molecule has 0 fully saturated rings. The molecule has 0 aliphatic rings. The van der Waals surface area contributed by atoms with E-state index in [2.05, 4.69) is 26.0 Å². The molecule has 0 bridgehead atoms. The Hall–Kier alpha value is -0.670. The number of unbranched alkanes of at least 4 members (excludes halogenated alkanes) is 1. The lowest BCUT2D eigenvalue weighted by molar-refractivity contribution is 0.309. The lowest BCUT2D eigenvalue weighted by Crippen LogP contribution is -1.95. The van der Waals surface area contributed by atoms with E-state index in [-0.39, 0.29) is 0 Å². The van der Waals surface area contributed by atoms with Crippen LogP contribution in [0.2, 0.25) is 0 Å². The lowest BCUT2D eigenvalue weighted by atomic mass is 10.2. The summed E-state index contributed by atoms with van der Waals surface area (Å²) in [5.74, 6) is 0.981. The maximum Gasteiger partial charge on any atom is 0.324 e. The molecule has 16 heavy (non-hydrogen) atoms. The van der Waals surface area contributed by atoms with Gasteiger partial charge in [-0.2, -0.15) is 0 Å². The van der Waals surface area contributed by atoms with Crippen molar-refractivity contribution in [1.82, 2.24) is 0 Å². The van der Waals surface area contributed by atoms with Gasteiger partial charge in [0, 0.05) is 0 Å². The average Bonchev–Trinajstić information content (AvgIpc) is 2.20. The second kappa shape index (κ2) is 9.55. The van der Waals surface area contributed by atoms with Crippen LogP contribution in [0.3, 0.4) is 0 Å². The summed E-state index contributed by atoms with van der Waals surface area (Å²) >= 11 is 0. The average molecular weight is 246 g/mol. The summed E-state index contributed by atoms with van der Waals surface area (Å²) < 4.78 is 5.50. The van der Waals surface area contributed by atoms with Crippen molar-refractivity contribution in [3.8, 4) is 5.75 Å². The van der Waals surface area contributed by atoms with Crippen LogP contribution in [-0.2, 0) is 0 Å². The van der Waals surface area contributed by atoms with E-state index >= 15 is 0 Å². The minimum absolute atomic E-state index is 0.833. The highest BCUT2D eigenvalue weighted by molar-refractivity contribution is 7.38. The van der Waals surface area contributed by atoms with E-state index in [4.69, 9.17) is 19.4 Å². The molecule has 92 valence electrons. The van der Waals surface area contributed by atoms with E-state index in [0.29, 0.717) is 0 Å². The third kappa shape index (κ3) is 9.87. The van der Waals surface area contributed by atoms with Crippen LogP contribution < -0.4 is 4.74 Å². The van der Waals surface area contributed by atoms with Crippen molar-refractivity contribution in [3.63, 3.8) is 0 Å². The van der Waals surface area contributed by atoms with Crippen molar-refractivity contribution >= 4 is 8.60 Å². The van der Waals surface area contributed by atoms with Crippen molar-refractivity contribution < 1.29 is 19.4 Å². The van der Waals surface area contributed by atoms with E-state index in [0.717, 1.165) is 18.8 Å². The van der Waals surface area contributed by atoms with Crippen molar-refractivity contribution in [3.05, 3.63) is 29.8 Å². The van der Waals surface area contributed by atoms with Gasteiger partial charge in [-0.05, 0) is 25.5 Å². The predicted octanol–water partition coefficient (Wildman–Crippen LogP) is 2.36. The SMILES string of the molecule is CCCCOc1ccc(C)cc1.OP(O)O. The van der Waals surface area contributed by atoms with Crippen LogP contribution in [0.5, 0.6) is 5.75 Å². The Morgan fingerprint density at radius 1 is 1.12 bits per heavy atom. The fraction of sp³-hybridized carbons (Fsp3) is 0.455. The minimum Gasteiger partial charge on any atom is -0.494 e. The van der Waals surface area contributed by atoms with E-state index in [1.54, 1.807) is 0 Å². The standard InChI is InChI=1S/C11H16O.H3O3P/c1-3-4-9-12-11-7-5-10(2)6-8-11;1-4(2)3/h5-8H,3-4,9H2,1-2H3;1-3H.